The summed E-state index contributed by atoms with van der Waals surface area (Å²) in [6, 6.07) is 5.26. The van der Waals surface area contributed by atoms with Gasteiger partial charge in [0.25, 0.3) is 0 Å². The van der Waals surface area contributed by atoms with Crippen LogP contribution in [0.1, 0.15) is 18.4 Å². The molecular weight excluding hydrogens is 444 g/mol. The molecule has 0 fully saturated rings. The molecule has 1 aromatic carbocycles. The van der Waals surface area contributed by atoms with Gasteiger partial charge in [-0.3, -0.25) is 26.4 Å². The average molecular weight is 471 g/mol. The number of amidine groups is 2. The van der Waals surface area contributed by atoms with Gasteiger partial charge in [-0.1, -0.05) is 12.1 Å². The summed E-state index contributed by atoms with van der Waals surface area (Å²) in [7, 11) is 3.02. The van der Waals surface area contributed by atoms with Gasteiger partial charge in [-0.05, 0) is 41.1 Å². The van der Waals surface area contributed by atoms with Crippen LogP contribution in [0.15, 0.2) is 18.2 Å². The molecule has 0 spiro atoms. The molecule has 12 heteroatoms. The predicted molar refractivity (Wildman–Crippen MR) is 128 cm³/mol. The molecule has 0 heterocycles. The van der Waals surface area contributed by atoms with Gasteiger partial charge in [-0.2, -0.15) is 11.8 Å². The molecule has 0 radical (unpaired) electrons. The fraction of sp³-hybridized carbons (Fsp3) is 0.389. The molecule has 0 atom stereocenters. The number of thioether (sulfide) groups is 3. The van der Waals surface area contributed by atoms with Gasteiger partial charge in [-0.15, -0.1) is 0 Å². The third-order valence-electron chi connectivity index (χ3n) is 3.49. The van der Waals surface area contributed by atoms with E-state index in [2.05, 4.69) is 5.32 Å². The van der Waals surface area contributed by atoms with Gasteiger partial charge in [0.1, 0.15) is 0 Å². The van der Waals surface area contributed by atoms with Crippen LogP contribution in [-0.2, 0) is 11.2 Å². The molecule has 0 saturated heterocycles. The minimum Gasteiger partial charge on any atom is -0.493 e. The summed E-state index contributed by atoms with van der Waals surface area (Å²) in [6.07, 6.45) is 1.01. The lowest BCUT2D eigenvalue weighted by atomic mass is 10.1. The minimum absolute atomic E-state index is 0.0245. The quantitative estimate of drug-likeness (QED) is 0.173. The van der Waals surface area contributed by atoms with Gasteiger partial charge in [0.15, 0.2) is 21.8 Å². The average Bonchev–Trinajstić information content (AvgIpc) is 2.66. The zero-order valence-electron chi connectivity index (χ0n) is 16.8. The molecule has 9 nitrogen and oxygen atoms in total. The van der Waals surface area contributed by atoms with Crippen molar-refractivity contribution in [3.8, 4) is 11.5 Å². The summed E-state index contributed by atoms with van der Waals surface area (Å²) >= 11 is 3.43. The van der Waals surface area contributed by atoms with E-state index in [1.54, 1.807) is 30.0 Å². The lowest BCUT2D eigenvalue weighted by Gasteiger charge is -2.12. The molecule has 0 aliphatic rings. The van der Waals surface area contributed by atoms with Crippen molar-refractivity contribution in [3.05, 3.63) is 23.8 Å². The monoisotopic (exact) mass is 470 g/mol. The number of ether oxygens (including phenoxy) is 2. The maximum Gasteiger partial charge on any atom is 0.230 e. The van der Waals surface area contributed by atoms with Crippen LogP contribution in [0.5, 0.6) is 11.5 Å². The van der Waals surface area contributed by atoms with Crippen molar-refractivity contribution in [1.82, 2.24) is 5.32 Å². The second-order valence-corrected chi connectivity index (χ2v) is 9.20. The van der Waals surface area contributed by atoms with Gasteiger partial charge in [0.2, 0.25) is 5.91 Å². The molecule has 0 saturated carbocycles. The van der Waals surface area contributed by atoms with Crippen molar-refractivity contribution >= 4 is 61.6 Å². The topological polar surface area (TPSA) is 169 Å². The third kappa shape index (κ3) is 10.0. The van der Waals surface area contributed by atoms with Gasteiger partial charge >= 0.3 is 0 Å². The number of hydrogen-bond acceptors (Lipinski definition) is 10. The van der Waals surface area contributed by atoms with E-state index in [0.29, 0.717) is 46.5 Å². The number of para-hydroxylation sites is 1. The SMILES string of the molecule is COc1cccc(CC(=O)NC(=N)SC(=N)CCSCCC(=N)SC(=N)N)c1OC. The fourth-order valence-electron chi connectivity index (χ4n) is 2.25. The second kappa shape index (κ2) is 13.9. The highest BCUT2D eigenvalue weighted by atomic mass is 32.2. The van der Waals surface area contributed by atoms with Crippen molar-refractivity contribution in [3.63, 3.8) is 0 Å². The van der Waals surface area contributed by atoms with Crippen molar-refractivity contribution in [2.45, 2.75) is 19.3 Å². The third-order valence-corrected chi connectivity index (χ3v) is 5.91. The van der Waals surface area contributed by atoms with Gasteiger partial charge in [0.05, 0.1) is 30.7 Å². The lowest BCUT2D eigenvalue weighted by molar-refractivity contribution is -0.119. The van der Waals surface area contributed by atoms with Crippen LogP contribution in [0.2, 0.25) is 0 Å². The lowest BCUT2D eigenvalue weighted by Crippen LogP contribution is -2.30. The molecule has 30 heavy (non-hydrogen) atoms. The van der Waals surface area contributed by atoms with Crippen LogP contribution in [0, 0.1) is 21.6 Å². The van der Waals surface area contributed by atoms with E-state index in [-0.39, 0.29) is 27.7 Å². The summed E-state index contributed by atoms with van der Waals surface area (Å²) in [5, 5.41) is 33.5. The Morgan fingerprint density at radius 3 is 2.23 bits per heavy atom. The van der Waals surface area contributed by atoms with E-state index in [1.807, 2.05) is 0 Å². The van der Waals surface area contributed by atoms with Crippen molar-refractivity contribution in [2.24, 2.45) is 5.73 Å². The fourth-order valence-corrected chi connectivity index (χ4v) is 4.50. The second-order valence-electron chi connectivity index (χ2n) is 5.73. The Labute approximate surface area is 188 Å². The van der Waals surface area contributed by atoms with Crippen LogP contribution in [0.3, 0.4) is 0 Å². The van der Waals surface area contributed by atoms with Crippen LogP contribution in [0.4, 0.5) is 0 Å². The predicted octanol–water partition coefficient (Wildman–Crippen LogP) is 3.13. The Kier molecular flexibility index (Phi) is 12.0. The van der Waals surface area contributed by atoms with Crippen LogP contribution in [-0.4, -0.2) is 52.1 Å². The van der Waals surface area contributed by atoms with E-state index in [4.69, 9.17) is 36.8 Å². The summed E-state index contributed by atoms with van der Waals surface area (Å²) < 4.78 is 10.5. The molecule has 0 unspecified atom stereocenters. The van der Waals surface area contributed by atoms with E-state index >= 15 is 0 Å². The highest BCUT2D eigenvalue weighted by molar-refractivity contribution is 8.26. The van der Waals surface area contributed by atoms with Gasteiger partial charge < -0.3 is 20.5 Å². The molecule has 0 aliphatic heterocycles. The highest BCUT2D eigenvalue weighted by Gasteiger charge is 2.15. The molecule has 1 rings (SSSR count). The van der Waals surface area contributed by atoms with Crippen molar-refractivity contribution in [2.75, 3.05) is 25.7 Å². The Hall–Kier alpha value is -2.18. The summed E-state index contributed by atoms with van der Waals surface area (Å²) in [5.74, 6) is 2.01. The highest BCUT2D eigenvalue weighted by Crippen LogP contribution is 2.30. The molecule has 7 N–H and O–H groups in total. The number of nitrogens with one attached hydrogen (secondary N) is 5. The Balaban J connectivity index is 2.33. The largest absolute Gasteiger partial charge is 0.493 e. The van der Waals surface area contributed by atoms with Gasteiger partial charge in [-0.25, -0.2) is 0 Å². The molecule has 0 bridgehead atoms. The van der Waals surface area contributed by atoms with E-state index in [9.17, 15) is 4.79 Å². The standard InChI is InChI=1S/C18H26N6O3S3/c1-26-12-5-3-4-11(16(12)27-2)10-15(25)24-18(23)30-14(20)7-9-28-8-6-13(19)29-17(21)22/h3-5,19-20H,6-10H2,1-2H3,(H3,21,22)(H2,23,24,25). The maximum atomic E-state index is 12.2. The number of methoxy groups -OCH3 is 2. The van der Waals surface area contributed by atoms with Crippen LogP contribution < -0.4 is 20.5 Å². The first kappa shape index (κ1) is 25.9. The number of carbonyl (C=O) groups is 1. The van der Waals surface area contributed by atoms with Crippen molar-refractivity contribution in [1.29, 1.82) is 21.6 Å². The summed E-state index contributed by atoms with van der Waals surface area (Å²) in [6.45, 7) is 0. The summed E-state index contributed by atoms with van der Waals surface area (Å²) in [5.41, 5.74) is 5.87. The molecule has 1 aromatic rings. The van der Waals surface area contributed by atoms with E-state index < -0.39 is 0 Å². The molecule has 164 valence electrons. The smallest absolute Gasteiger partial charge is 0.230 e. The summed E-state index contributed by atoms with van der Waals surface area (Å²) in [4.78, 5) is 12.2. The first-order chi connectivity index (χ1) is 14.3. The first-order valence-corrected chi connectivity index (χ1v) is 11.6. The number of hydrogen-bond donors (Lipinski definition) is 6. The molecular formula is C18H26N6O3S3. The number of benzene rings is 1. The molecule has 0 aromatic heterocycles. The zero-order valence-corrected chi connectivity index (χ0v) is 19.2. The normalized spacial score (nSPS) is 10.2. The van der Waals surface area contributed by atoms with Crippen LogP contribution >= 0.6 is 35.3 Å². The maximum absolute atomic E-state index is 12.2. The van der Waals surface area contributed by atoms with Crippen molar-refractivity contribution < 1.29 is 14.3 Å². The Morgan fingerprint density at radius 1 is 1.03 bits per heavy atom. The number of rotatable bonds is 10. The number of amides is 1. The van der Waals surface area contributed by atoms with Crippen LogP contribution in [0.25, 0.3) is 0 Å². The Morgan fingerprint density at radius 2 is 1.67 bits per heavy atom. The molecule has 1 amide bonds. The zero-order chi connectivity index (χ0) is 22.5. The van der Waals surface area contributed by atoms with Gasteiger partial charge in [0, 0.05) is 18.4 Å². The Bertz CT molecular complexity index is 803. The number of nitrogens with two attached hydrogens (primary N) is 1. The first-order valence-electron chi connectivity index (χ1n) is 8.77. The number of carbonyl (C=O) groups excluding carboxylic acids is 1. The van der Waals surface area contributed by atoms with E-state index in [0.717, 1.165) is 23.5 Å². The minimum atomic E-state index is -0.372. The molecule has 0 aliphatic carbocycles. The van der Waals surface area contributed by atoms with E-state index in [1.165, 1.54) is 14.2 Å².